The summed E-state index contributed by atoms with van der Waals surface area (Å²) in [4.78, 5) is 0. The van der Waals surface area contributed by atoms with E-state index in [-0.39, 0.29) is 75.5 Å². The van der Waals surface area contributed by atoms with Gasteiger partial charge < -0.3 is 16.4 Å². The van der Waals surface area contributed by atoms with Gasteiger partial charge in [0.25, 0.3) is 0 Å². The SMILES string of the molecule is O.[Na+].[Na+].[OH-].[OH-]. The molecular weight excluding hydrogens is 94.0 g/mol. The van der Waals surface area contributed by atoms with E-state index in [1.807, 2.05) is 0 Å². The van der Waals surface area contributed by atoms with Crippen LogP contribution in [-0.2, 0) is 0 Å². The molecule has 0 aromatic heterocycles. The van der Waals surface area contributed by atoms with Gasteiger partial charge in [-0.15, -0.1) is 0 Å². The first-order chi connectivity index (χ1) is 0. The molecule has 0 amide bonds. The molecule has 4 N–H and O–H groups in total. The second kappa shape index (κ2) is 39.6. The van der Waals surface area contributed by atoms with E-state index in [1.165, 1.54) is 0 Å². The molecule has 0 aliphatic rings. The largest absolute Gasteiger partial charge is 1.00 e. The van der Waals surface area contributed by atoms with Crippen LogP contribution in [-0.4, -0.2) is 16.4 Å². The second-order valence-electron chi connectivity index (χ2n) is 0. The summed E-state index contributed by atoms with van der Waals surface area (Å²) in [6, 6.07) is 0. The summed E-state index contributed by atoms with van der Waals surface area (Å²) in [6.07, 6.45) is 0. The van der Waals surface area contributed by atoms with Gasteiger partial charge in [-0.05, 0) is 0 Å². The summed E-state index contributed by atoms with van der Waals surface area (Å²) in [5, 5.41) is 0. The molecule has 0 saturated heterocycles. The van der Waals surface area contributed by atoms with Crippen molar-refractivity contribution in [2.75, 3.05) is 0 Å². The minimum atomic E-state index is 0. The van der Waals surface area contributed by atoms with Crippen LogP contribution in [0.2, 0.25) is 0 Å². The van der Waals surface area contributed by atoms with Crippen molar-refractivity contribution in [1.29, 1.82) is 0 Å². The Morgan fingerprint density at radius 1 is 0.600 bits per heavy atom. The van der Waals surface area contributed by atoms with Crippen molar-refractivity contribution in [2.24, 2.45) is 0 Å². The van der Waals surface area contributed by atoms with Gasteiger partial charge in [-0.3, -0.25) is 0 Å². The molecule has 0 bridgehead atoms. The third-order valence-electron chi connectivity index (χ3n) is 0. The van der Waals surface area contributed by atoms with Crippen molar-refractivity contribution in [3.05, 3.63) is 0 Å². The van der Waals surface area contributed by atoms with Crippen molar-refractivity contribution >= 4 is 0 Å². The fourth-order valence-corrected chi connectivity index (χ4v) is 0. The first-order valence-corrected chi connectivity index (χ1v) is 0. The molecule has 5 heavy (non-hydrogen) atoms. The Kier molecular flexibility index (Phi) is 533. The van der Waals surface area contributed by atoms with Crippen LogP contribution in [0.1, 0.15) is 0 Å². The molecule has 3 nitrogen and oxygen atoms in total. The van der Waals surface area contributed by atoms with E-state index in [4.69, 9.17) is 0 Å². The Morgan fingerprint density at radius 3 is 0.600 bits per heavy atom. The zero-order valence-electron chi connectivity index (χ0n) is 3.39. The summed E-state index contributed by atoms with van der Waals surface area (Å²) in [6.45, 7) is 0. The summed E-state index contributed by atoms with van der Waals surface area (Å²) in [7, 11) is 0. The fourth-order valence-electron chi connectivity index (χ4n) is 0. The predicted octanol–water partition coefficient (Wildman–Crippen LogP) is -7.17. The van der Waals surface area contributed by atoms with Crippen LogP contribution in [0.5, 0.6) is 0 Å². The molecule has 0 aromatic rings. The Hall–Kier alpha value is 1.88. The van der Waals surface area contributed by atoms with E-state index in [0.717, 1.165) is 0 Å². The maximum Gasteiger partial charge on any atom is 1.00 e. The molecule has 0 spiro atoms. The molecule has 0 unspecified atom stereocenters. The summed E-state index contributed by atoms with van der Waals surface area (Å²) < 4.78 is 0. The van der Waals surface area contributed by atoms with Gasteiger partial charge in [0.1, 0.15) is 0 Å². The first-order valence-electron chi connectivity index (χ1n) is 0. The second-order valence-corrected chi connectivity index (χ2v) is 0. The van der Waals surface area contributed by atoms with Crippen molar-refractivity contribution in [3.8, 4) is 0 Å². The van der Waals surface area contributed by atoms with Gasteiger partial charge in [-0.1, -0.05) is 0 Å². The van der Waals surface area contributed by atoms with E-state index in [2.05, 4.69) is 0 Å². The Labute approximate surface area is 74.6 Å². The quantitative estimate of drug-likeness (QED) is 0.281. The molecule has 0 heterocycles. The van der Waals surface area contributed by atoms with E-state index >= 15 is 0 Å². The third-order valence-corrected chi connectivity index (χ3v) is 0. The van der Waals surface area contributed by atoms with Crippen molar-refractivity contribution in [1.82, 2.24) is 0 Å². The van der Waals surface area contributed by atoms with Crippen LogP contribution in [0.4, 0.5) is 0 Å². The van der Waals surface area contributed by atoms with Crippen molar-refractivity contribution in [2.45, 2.75) is 0 Å². The topological polar surface area (TPSA) is 91.5 Å². The summed E-state index contributed by atoms with van der Waals surface area (Å²) >= 11 is 0. The molecule has 0 aliphatic heterocycles. The Bertz CT molecular complexity index is 4.85. The molecule has 0 saturated carbocycles. The van der Waals surface area contributed by atoms with Crippen molar-refractivity contribution < 1.29 is 75.5 Å². The Morgan fingerprint density at radius 2 is 0.600 bits per heavy atom. The zero-order chi connectivity index (χ0) is 0. The van der Waals surface area contributed by atoms with Crippen LogP contribution in [0.15, 0.2) is 0 Å². The predicted molar refractivity (Wildman–Crippen MR) is 7.49 cm³/mol. The van der Waals surface area contributed by atoms with Gasteiger partial charge in [-0.2, -0.15) is 0 Å². The smallest absolute Gasteiger partial charge is 0.870 e. The van der Waals surface area contributed by atoms with Gasteiger partial charge in [0.05, 0.1) is 0 Å². The molecule has 0 aliphatic carbocycles. The molecule has 0 aromatic carbocycles. The monoisotopic (exact) mass is 98.0 g/mol. The van der Waals surface area contributed by atoms with Gasteiger partial charge in [0, 0.05) is 0 Å². The van der Waals surface area contributed by atoms with Crippen LogP contribution >= 0.6 is 0 Å². The minimum absolute atomic E-state index is 0. The minimum Gasteiger partial charge on any atom is -0.870 e. The average molecular weight is 98.0 g/mol. The van der Waals surface area contributed by atoms with Crippen LogP contribution < -0.4 is 59.1 Å². The third kappa shape index (κ3) is 25.0. The van der Waals surface area contributed by atoms with Crippen molar-refractivity contribution in [3.63, 3.8) is 0 Å². The van der Waals surface area contributed by atoms with E-state index in [0.29, 0.717) is 0 Å². The molecule has 0 rings (SSSR count). The van der Waals surface area contributed by atoms with Gasteiger partial charge in [0.15, 0.2) is 0 Å². The first kappa shape index (κ1) is 67.3. The molecule has 0 fully saturated rings. The van der Waals surface area contributed by atoms with Gasteiger partial charge in [-0.25, -0.2) is 0 Å². The molecule has 0 radical (unpaired) electrons. The fraction of sp³-hybridized carbons (Fsp3) is 0. The van der Waals surface area contributed by atoms with Gasteiger partial charge in [0.2, 0.25) is 0 Å². The molecule has 5 heteroatoms. The standard InChI is InChI=1S/2Na.3H2O/h;;3*1H2/q2*+1;;;/p-2. The van der Waals surface area contributed by atoms with E-state index in [9.17, 15) is 0 Å². The average Bonchev–Trinajstić information content (AvgIpc) is 0. The summed E-state index contributed by atoms with van der Waals surface area (Å²) in [5.41, 5.74) is 0. The zero-order valence-corrected chi connectivity index (χ0v) is 7.39. The van der Waals surface area contributed by atoms with Gasteiger partial charge >= 0.3 is 59.1 Å². The van der Waals surface area contributed by atoms with E-state index < -0.39 is 0 Å². The van der Waals surface area contributed by atoms with Crippen LogP contribution in [0.25, 0.3) is 0 Å². The molecular formula is H4Na2O3. The van der Waals surface area contributed by atoms with Crippen LogP contribution in [0, 0.1) is 0 Å². The summed E-state index contributed by atoms with van der Waals surface area (Å²) in [5.74, 6) is 0. The van der Waals surface area contributed by atoms with E-state index in [1.54, 1.807) is 0 Å². The number of hydrogen-bond acceptors (Lipinski definition) is 2. The Balaban J connectivity index is 0. The number of hydrogen-bond donors (Lipinski definition) is 0. The maximum atomic E-state index is 0. The maximum absolute atomic E-state index is 0. The van der Waals surface area contributed by atoms with Crippen LogP contribution in [0.3, 0.4) is 0 Å². The number of rotatable bonds is 0. The normalized spacial score (nSPS) is 0. The molecule has 24 valence electrons. The molecule has 0 atom stereocenters.